The second-order valence-electron chi connectivity index (χ2n) is 8.18. The molecule has 1 fully saturated rings. The summed E-state index contributed by atoms with van der Waals surface area (Å²) in [6.07, 6.45) is 5.51. The highest BCUT2D eigenvalue weighted by Crippen LogP contribution is 2.34. The Morgan fingerprint density at radius 2 is 2.00 bits per heavy atom. The summed E-state index contributed by atoms with van der Waals surface area (Å²) in [5.74, 6) is 0.863. The summed E-state index contributed by atoms with van der Waals surface area (Å²) in [5.41, 5.74) is 2.25. The first kappa shape index (κ1) is 19.8. The third-order valence-corrected chi connectivity index (χ3v) is 4.86. The van der Waals surface area contributed by atoms with Gasteiger partial charge in [0.25, 0.3) is 5.89 Å². The predicted molar refractivity (Wildman–Crippen MR) is 108 cm³/mol. The smallest absolute Gasteiger partial charge is 0.251 e. The molecule has 1 aliphatic rings. The van der Waals surface area contributed by atoms with Crippen LogP contribution >= 0.6 is 0 Å². The molecule has 4 heterocycles. The van der Waals surface area contributed by atoms with Crippen LogP contribution in [0.15, 0.2) is 16.8 Å². The summed E-state index contributed by atoms with van der Waals surface area (Å²) in [6, 6.07) is 0.310. The van der Waals surface area contributed by atoms with Gasteiger partial charge in [-0.3, -0.25) is 0 Å². The minimum Gasteiger partial charge on any atom is -0.418 e. The first-order chi connectivity index (χ1) is 13.9. The van der Waals surface area contributed by atoms with Crippen LogP contribution in [0.2, 0.25) is 0 Å². The van der Waals surface area contributed by atoms with Crippen molar-refractivity contribution >= 4 is 16.7 Å². The van der Waals surface area contributed by atoms with Gasteiger partial charge in [-0.25, -0.2) is 9.67 Å². The maximum absolute atomic E-state index is 5.90. The number of aromatic nitrogens is 5. The van der Waals surface area contributed by atoms with Crippen LogP contribution in [0.4, 0.5) is 5.69 Å². The summed E-state index contributed by atoms with van der Waals surface area (Å²) >= 11 is 0. The van der Waals surface area contributed by atoms with Gasteiger partial charge in [-0.1, -0.05) is 0 Å². The quantitative estimate of drug-likeness (QED) is 0.672. The summed E-state index contributed by atoms with van der Waals surface area (Å²) in [5, 5.41) is 17.5. The number of fused-ring (bicyclic) bond motifs is 1. The summed E-state index contributed by atoms with van der Waals surface area (Å²) in [6.45, 7) is 10.5. The van der Waals surface area contributed by atoms with E-state index < -0.39 is 0 Å². The molecule has 0 unspecified atom stereocenters. The number of ether oxygens (including phenoxy) is 2. The normalized spacial score (nSPS) is 15.9. The van der Waals surface area contributed by atoms with Crippen LogP contribution in [-0.2, 0) is 22.6 Å². The van der Waals surface area contributed by atoms with Crippen molar-refractivity contribution in [2.24, 2.45) is 0 Å². The fraction of sp³-hybridized carbons (Fsp3) is 0.600. The van der Waals surface area contributed by atoms with Crippen LogP contribution in [0.5, 0.6) is 0 Å². The Kier molecular flexibility index (Phi) is 5.51. The third-order valence-electron chi connectivity index (χ3n) is 4.86. The van der Waals surface area contributed by atoms with Gasteiger partial charge in [-0.05, 0) is 40.5 Å². The molecule has 1 N–H and O–H groups in total. The molecule has 1 saturated heterocycles. The van der Waals surface area contributed by atoms with E-state index in [4.69, 9.17) is 13.9 Å². The highest BCUT2D eigenvalue weighted by molar-refractivity contribution is 5.96. The van der Waals surface area contributed by atoms with E-state index in [0.717, 1.165) is 54.9 Å². The molecule has 0 spiro atoms. The molecule has 0 bridgehead atoms. The Bertz CT molecular complexity index is 968. The Hall–Kier alpha value is -2.52. The van der Waals surface area contributed by atoms with Gasteiger partial charge in [0.05, 0.1) is 28.4 Å². The van der Waals surface area contributed by atoms with Gasteiger partial charge in [0.1, 0.15) is 6.61 Å². The largest absolute Gasteiger partial charge is 0.418 e. The second kappa shape index (κ2) is 8.08. The fourth-order valence-electron chi connectivity index (χ4n) is 3.32. The standard InChI is InChI=1S/C20H28N6O3/c1-5-26-18-14(11-22-26)17(23-13-6-8-27-9-7-13)15(10-21-18)19-25-24-16(29-19)12-28-20(2,3)4/h10-11,13H,5-9,12H2,1-4H3,(H,21,23). The zero-order chi connectivity index (χ0) is 20.4. The first-order valence-corrected chi connectivity index (χ1v) is 10.1. The highest BCUT2D eigenvalue weighted by Gasteiger charge is 2.22. The van der Waals surface area contributed by atoms with Crippen LogP contribution in [0.25, 0.3) is 22.5 Å². The van der Waals surface area contributed by atoms with Crippen molar-refractivity contribution in [3.05, 3.63) is 18.3 Å². The highest BCUT2D eigenvalue weighted by atomic mass is 16.5. The van der Waals surface area contributed by atoms with Crippen molar-refractivity contribution in [2.45, 2.75) is 65.3 Å². The van der Waals surface area contributed by atoms with Crippen LogP contribution in [0.3, 0.4) is 0 Å². The van der Waals surface area contributed by atoms with E-state index in [-0.39, 0.29) is 12.2 Å². The Labute approximate surface area is 169 Å². The lowest BCUT2D eigenvalue weighted by molar-refractivity contribution is -0.0242. The molecule has 0 amide bonds. The van der Waals surface area contributed by atoms with E-state index in [1.165, 1.54) is 0 Å². The van der Waals surface area contributed by atoms with E-state index >= 15 is 0 Å². The maximum atomic E-state index is 5.90. The van der Waals surface area contributed by atoms with Crippen LogP contribution < -0.4 is 5.32 Å². The minimum atomic E-state index is -0.278. The molecule has 3 aromatic heterocycles. The van der Waals surface area contributed by atoms with Crippen LogP contribution in [0.1, 0.15) is 46.4 Å². The van der Waals surface area contributed by atoms with Crippen molar-refractivity contribution in [3.63, 3.8) is 0 Å². The van der Waals surface area contributed by atoms with Crippen molar-refractivity contribution in [1.29, 1.82) is 0 Å². The number of nitrogens with zero attached hydrogens (tertiary/aromatic N) is 5. The molecule has 9 heteroatoms. The molecule has 4 rings (SSSR count). The lowest BCUT2D eigenvalue weighted by Crippen LogP contribution is -2.28. The monoisotopic (exact) mass is 400 g/mol. The Balaban J connectivity index is 1.69. The maximum Gasteiger partial charge on any atom is 0.251 e. The van der Waals surface area contributed by atoms with Gasteiger partial charge < -0.3 is 19.2 Å². The minimum absolute atomic E-state index is 0.267. The molecule has 0 aliphatic carbocycles. The molecular formula is C20H28N6O3. The number of rotatable bonds is 6. The van der Waals surface area contributed by atoms with Gasteiger partial charge in [0, 0.05) is 32.0 Å². The van der Waals surface area contributed by atoms with Gasteiger partial charge in [-0.2, -0.15) is 5.10 Å². The lowest BCUT2D eigenvalue weighted by Gasteiger charge is -2.25. The number of hydrogen-bond acceptors (Lipinski definition) is 8. The Morgan fingerprint density at radius 3 is 2.72 bits per heavy atom. The SMILES string of the molecule is CCn1ncc2c(NC3CCOCC3)c(-c3nnc(COC(C)(C)C)o3)cnc21. The molecule has 9 nitrogen and oxygen atoms in total. The molecule has 1 aliphatic heterocycles. The number of hydrogen-bond donors (Lipinski definition) is 1. The predicted octanol–water partition coefficient (Wildman–Crippen LogP) is 3.41. The van der Waals surface area contributed by atoms with Gasteiger partial charge in [0.15, 0.2) is 5.65 Å². The van der Waals surface area contributed by atoms with Crippen molar-refractivity contribution < 1.29 is 13.9 Å². The fourth-order valence-corrected chi connectivity index (χ4v) is 3.32. The summed E-state index contributed by atoms with van der Waals surface area (Å²) in [4.78, 5) is 4.61. The average molecular weight is 400 g/mol. The summed E-state index contributed by atoms with van der Waals surface area (Å²) in [7, 11) is 0. The average Bonchev–Trinajstić information content (AvgIpc) is 3.34. The van der Waals surface area contributed by atoms with Crippen molar-refractivity contribution in [2.75, 3.05) is 18.5 Å². The molecule has 29 heavy (non-hydrogen) atoms. The van der Waals surface area contributed by atoms with Crippen LogP contribution in [-0.4, -0.2) is 49.8 Å². The summed E-state index contributed by atoms with van der Waals surface area (Å²) < 4.78 is 19.0. The molecular weight excluding hydrogens is 372 g/mol. The van der Waals surface area contributed by atoms with Crippen molar-refractivity contribution in [3.8, 4) is 11.5 Å². The van der Waals surface area contributed by atoms with Gasteiger partial charge in [-0.15, -0.1) is 10.2 Å². The Morgan fingerprint density at radius 1 is 1.21 bits per heavy atom. The van der Waals surface area contributed by atoms with E-state index in [0.29, 0.717) is 17.8 Å². The van der Waals surface area contributed by atoms with Crippen LogP contribution in [0, 0.1) is 0 Å². The van der Waals surface area contributed by atoms with Gasteiger partial charge in [0.2, 0.25) is 5.89 Å². The number of aryl methyl sites for hydroxylation is 1. The number of nitrogens with one attached hydrogen (secondary N) is 1. The topological polar surface area (TPSA) is 100 Å². The van der Waals surface area contributed by atoms with Gasteiger partial charge >= 0.3 is 0 Å². The zero-order valence-corrected chi connectivity index (χ0v) is 17.4. The van der Waals surface area contributed by atoms with Crippen molar-refractivity contribution in [1.82, 2.24) is 25.0 Å². The molecule has 3 aromatic rings. The van der Waals surface area contributed by atoms with E-state index in [1.807, 2.05) is 38.6 Å². The zero-order valence-electron chi connectivity index (χ0n) is 17.4. The van der Waals surface area contributed by atoms with E-state index in [2.05, 4.69) is 25.6 Å². The number of anilines is 1. The molecule has 156 valence electrons. The second-order valence-corrected chi connectivity index (χ2v) is 8.18. The molecule has 0 atom stereocenters. The van der Waals surface area contributed by atoms with E-state index in [9.17, 15) is 0 Å². The van der Waals surface area contributed by atoms with E-state index in [1.54, 1.807) is 6.20 Å². The molecule has 0 aromatic carbocycles. The molecule has 0 saturated carbocycles. The number of pyridine rings is 1. The first-order valence-electron chi connectivity index (χ1n) is 10.1. The third kappa shape index (κ3) is 4.40. The lowest BCUT2D eigenvalue weighted by atomic mass is 10.1. The molecule has 0 radical (unpaired) electrons.